The average molecular weight is 397 g/mol. The summed E-state index contributed by atoms with van der Waals surface area (Å²) in [7, 11) is 0. The highest BCUT2D eigenvalue weighted by Gasteiger charge is 2.55. The number of hydrogen-bond donors (Lipinski definition) is 1. The van der Waals surface area contributed by atoms with Gasteiger partial charge in [-0.05, 0) is 109 Å². The molecule has 1 N–H and O–H groups in total. The van der Waals surface area contributed by atoms with Crippen LogP contribution in [0.15, 0.2) is 35.5 Å². The third kappa shape index (κ3) is 3.50. The molecule has 0 saturated heterocycles. The number of fused-ring (bicyclic) bond motifs is 5. The summed E-state index contributed by atoms with van der Waals surface area (Å²) >= 11 is 0. The lowest BCUT2D eigenvalue weighted by molar-refractivity contribution is 0.0310. The van der Waals surface area contributed by atoms with Gasteiger partial charge in [0.15, 0.2) is 0 Å². The first-order valence-electron chi connectivity index (χ1n) is 12.4. The Balaban J connectivity index is 1.54. The Hall–Kier alpha value is -0.820. The van der Waals surface area contributed by atoms with Gasteiger partial charge in [0, 0.05) is 0 Å². The number of allylic oxidation sites excluding steroid dienone is 5. The van der Waals surface area contributed by atoms with Crippen LogP contribution in [-0.4, -0.2) is 11.2 Å². The van der Waals surface area contributed by atoms with Crippen LogP contribution in [0.1, 0.15) is 92.4 Å². The molecule has 162 valence electrons. The molecule has 4 rings (SSSR count). The van der Waals surface area contributed by atoms with Crippen molar-refractivity contribution in [1.82, 2.24) is 0 Å². The second-order valence-corrected chi connectivity index (χ2v) is 11.8. The molecule has 0 bridgehead atoms. The summed E-state index contributed by atoms with van der Waals surface area (Å²) in [5, 5.41) is 10.2. The monoisotopic (exact) mass is 396 g/mol. The number of aliphatic hydroxyl groups excluding tert-OH is 1. The third-order valence-electron chi connectivity index (χ3n) is 9.96. The highest BCUT2D eigenvalue weighted by atomic mass is 16.3. The average Bonchev–Trinajstić information content (AvgIpc) is 3.03. The molecule has 1 nitrogen and oxygen atoms in total. The van der Waals surface area contributed by atoms with Crippen LogP contribution in [0.4, 0.5) is 0 Å². The van der Waals surface area contributed by atoms with Gasteiger partial charge in [0.1, 0.15) is 0 Å². The Bertz CT molecular complexity index is 712. The second kappa shape index (κ2) is 7.70. The molecule has 0 aromatic rings. The smallest absolute Gasteiger partial charge is 0.0543 e. The molecule has 29 heavy (non-hydrogen) atoms. The van der Waals surface area contributed by atoms with E-state index in [4.69, 9.17) is 0 Å². The van der Waals surface area contributed by atoms with Gasteiger partial charge in [-0.3, -0.25) is 0 Å². The van der Waals surface area contributed by atoms with Gasteiger partial charge >= 0.3 is 0 Å². The Labute approximate surface area is 179 Å². The van der Waals surface area contributed by atoms with Crippen molar-refractivity contribution in [3.63, 3.8) is 0 Å². The molecule has 4 aliphatic rings. The molecule has 2 fully saturated rings. The molecule has 0 heterocycles. The lowest BCUT2D eigenvalue weighted by atomic mass is 9.51. The predicted octanol–water partition coefficient (Wildman–Crippen LogP) is 7.47. The van der Waals surface area contributed by atoms with E-state index in [1.165, 1.54) is 50.5 Å². The Morgan fingerprint density at radius 2 is 1.93 bits per heavy atom. The van der Waals surface area contributed by atoms with Gasteiger partial charge < -0.3 is 5.11 Å². The van der Waals surface area contributed by atoms with E-state index in [9.17, 15) is 5.11 Å². The maximum absolute atomic E-state index is 10.2. The van der Waals surface area contributed by atoms with Crippen molar-refractivity contribution >= 4 is 0 Å². The van der Waals surface area contributed by atoms with Crippen LogP contribution in [0, 0.1) is 40.4 Å². The van der Waals surface area contributed by atoms with Crippen LogP contribution < -0.4 is 0 Å². The summed E-state index contributed by atoms with van der Waals surface area (Å²) in [6.07, 6.45) is 16.1. The van der Waals surface area contributed by atoms with E-state index in [-0.39, 0.29) is 6.10 Å². The molecule has 4 aliphatic carbocycles. The highest BCUT2D eigenvalue weighted by Crippen LogP contribution is 2.65. The van der Waals surface area contributed by atoms with Crippen molar-refractivity contribution in [3.05, 3.63) is 35.5 Å². The Morgan fingerprint density at radius 1 is 1.17 bits per heavy atom. The third-order valence-corrected chi connectivity index (χ3v) is 9.96. The largest absolute Gasteiger partial charge is 0.393 e. The summed E-state index contributed by atoms with van der Waals surface area (Å²) in [6, 6.07) is 0. The van der Waals surface area contributed by atoms with E-state index in [0.717, 1.165) is 30.6 Å². The van der Waals surface area contributed by atoms with Crippen LogP contribution in [0.2, 0.25) is 0 Å². The van der Waals surface area contributed by atoms with Gasteiger partial charge in [-0.25, -0.2) is 0 Å². The van der Waals surface area contributed by atoms with Crippen LogP contribution in [0.3, 0.4) is 0 Å². The minimum atomic E-state index is -0.0743. The summed E-state index contributed by atoms with van der Waals surface area (Å²) < 4.78 is 0. The van der Waals surface area contributed by atoms with Crippen molar-refractivity contribution in [2.75, 3.05) is 0 Å². The zero-order valence-corrected chi connectivity index (χ0v) is 19.6. The minimum absolute atomic E-state index is 0.0743. The topological polar surface area (TPSA) is 20.2 Å². The van der Waals surface area contributed by atoms with E-state index < -0.39 is 0 Å². The molecular formula is C28H44O. The van der Waals surface area contributed by atoms with Crippen molar-refractivity contribution in [1.29, 1.82) is 0 Å². The number of hydrogen-bond acceptors (Lipinski definition) is 1. The number of aliphatic hydroxyl groups is 1. The fraction of sp³-hybridized carbons (Fsp3) is 0.786. The standard InChI is InChI=1S/C28H44O/c1-18(2)19(3)7-8-20(4)24-11-12-25-23-10-9-21-17-22(29)13-15-27(21,5)26(23)14-16-28(24,25)6/h10,14,18,20-22,24-25,29H,3,7-9,11-13,15-17H2,1-2,4-6H3/t20-,21?,22+,24-,25?,27+,28-/m1/s1. The van der Waals surface area contributed by atoms with Gasteiger partial charge in [0.25, 0.3) is 0 Å². The fourth-order valence-corrected chi connectivity index (χ4v) is 7.71. The van der Waals surface area contributed by atoms with Crippen LogP contribution in [-0.2, 0) is 0 Å². The molecule has 1 heteroatoms. The van der Waals surface area contributed by atoms with Gasteiger partial charge in [-0.2, -0.15) is 0 Å². The van der Waals surface area contributed by atoms with Gasteiger partial charge in [-0.1, -0.05) is 58.9 Å². The SMILES string of the molecule is C=C(CC[C@@H](C)[C@H]1CCC2C3=CCC4C[C@@H](O)CC[C@]4(C)C3=CC[C@@]21C)C(C)C. The van der Waals surface area contributed by atoms with E-state index in [1.807, 2.05) is 0 Å². The summed E-state index contributed by atoms with van der Waals surface area (Å²) in [6.45, 7) is 16.5. The van der Waals surface area contributed by atoms with E-state index >= 15 is 0 Å². The summed E-state index contributed by atoms with van der Waals surface area (Å²) in [5.41, 5.74) is 5.57. The summed E-state index contributed by atoms with van der Waals surface area (Å²) in [5.74, 6) is 3.64. The molecule has 7 atom stereocenters. The van der Waals surface area contributed by atoms with Gasteiger partial charge in [0.05, 0.1) is 6.10 Å². The van der Waals surface area contributed by atoms with Gasteiger partial charge in [-0.15, -0.1) is 0 Å². The van der Waals surface area contributed by atoms with Crippen molar-refractivity contribution < 1.29 is 5.11 Å². The molecule has 2 saturated carbocycles. The fourth-order valence-electron chi connectivity index (χ4n) is 7.71. The number of rotatable bonds is 5. The summed E-state index contributed by atoms with van der Waals surface area (Å²) in [4.78, 5) is 0. The predicted molar refractivity (Wildman–Crippen MR) is 124 cm³/mol. The van der Waals surface area contributed by atoms with Gasteiger partial charge in [0.2, 0.25) is 0 Å². The highest BCUT2D eigenvalue weighted by molar-refractivity contribution is 5.46. The molecule has 0 spiro atoms. The first kappa shape index (κ1) is 21.4. The van der Waals surface area contributed by atoms with E-state index in [0.29, 0.717) is 22.7 Å². The van der Waals surface area contributed by atoms with E-state index in [1.54, 1.807) is 11.1 Å². The lowest BCUT2D eigenvalue weighted by Crippen LogP contribution is -2.44. The molecular weight excluding hydrogens is 352 g/mol. The van der Waals surface area contributed by atoms with Crippen LogP contribution >= 0.6 is 0 Å². The molecule has 0 aliphatic heterocycles. The second-order valence-electron chi connectivity index (χ2n) is 11.8. The Morgan fingerprint density at radius 3 is 2.66 bits per heavy atom. The quantitative estimate of drug-likeness (QED) is 0.478. The first-order valence-corrected chi connectivity index (χ1v) is 12.4. The van der Waals surface area contributed by atoms with Crippen LogP contribution in [0.5, 0.6) is 0 Å². The molecule has 0 amide bonds. The zero-order valence-electron chi connectivity index (χ0n) is 19.6. The maximum atomic E-state index is 10.2. The lowest BCUT2D eigenvalue weighted by Gasteiger charge is -2.53. The van der Waals surface area contributed by atoms with Crippen LogP contribution in [0.25, 0.3) is 0 Å². The molecule has 2 unspecified atom stereocenters. The molecule has 0 radical (unpaired) electrons. The molecule has 0 aromatic carbocycles. The van der Waals surface area contributed by atoms with Crippen molar-refractivity contribution in [3.8, 4) is 0 Å². The zero-order chi connectivity index (χ0) is 21.0. The minimum Gasteiger partial charge on any atom is -0.393 e. The van der Waals surface area contributed by atoms with Crippen molar-refractivity contribution in [2.24, 2.45) is 40.4 Å². The maximum Gasteiger partial charge on any atom is 0.0543 e. The normalized spacial score (nSPS) is 42.4. The van der Waals surface area contributed by atoms with Crippen molar-refractivity contribution in [2.45, 2.75) is 98.5 Å². The first-order chi connectivity index (χ1) is 13.7. The Kier molecular flexibility index (Phi) is 5.69. The molecule has 0 aromatic heterocycles. The van der Waals surface area contributed by atoms with E-state index in [2.05, 4.69) is 53.3 Å².